The van der Waals surface area contributed by atoms with Crippen LogP contribution in [-0.2, 0) is 14.3 Å². The molecule has 1 N–H and O–H groups in total. The zero-order chi connectivity index (χ0) is 20.5. The minimum Gasteiger partial charge on any atom is -0.508 e. The molecule has 1 aliphatic rings. The molecule has 0 bridgehead atoms. The summed E-state index contributed by atoms with van der Waals surface area (Å²) in [5.74, 6) is -1.01. The van der Waals surface area contributed by atoms with Gasteiger partial charge in [0.15, 0.2) is 0 Å². The van der Waals surface area contributed by atoms with Gasteiger partial charge in [0.25, 0.3) is 11.1 Å². The number of esters is 1. The molecular weight excluding hydrogens is 380 g/mol. The summed E-state index contributed by atoms with van der Waals surface area (Å²) in [5, 5.41) is 8.93. The fourth-order valence-corrected chi connectivity index (χ4v) is 3.46. The normalized spacial score (nSPS) is 16.1. The Labute approximate surface area is 166 Å². The van der Waals surface area contributed by atoms with E-state index in [-0.39, 0.29) is 10.7 Å². The summed E-state index contributed by atoms with van der Waals surface area (Å²) in [5.41, 5.74) is 0.787. The lowest BCUT2D eigenvalue weighted by Gasteiger charge is -2.21. The number of thioether (sulfide) groups is 1. The number of phenolic OH excluding ortho intramolecular Hbond substituents is 1. The summed E-state index contributed by atoms with van der Waals surface area (Å²) in [6, 6.07) is 10.2. The van der Waals surface area contributed by atoms with Crippen molar-refractivity contribution in [3.8, 4) is 11.4 Å². The van der Waals surface area contributed by atoms with E-state index in [9.17, 15) is 19.5 Å². The number of phenols is 1. The van der Waals surface area contributed by atoms with E-state index in [0.29, 0.717) is 5.69 Å². The summed E-state index contributed by atoms with van der Waals surface area (Å²) in [6.45, 7) is 4.74. The number of aromatic nitrogens is 1. The minimum absolute atomic E-state index is 0.153. The van der Waals surface area contributed by atoms with Gasteiger partial charge in [-0.2, -0.15) is 0 Å². The van der Waals surface area contributed by atoms with Crippen molar-refractivity contribution in [2.75, 3.05) is 6.54 Å². The van der Waals surface area contributed by atoms with E-state index < -0.39 is 29.3 Å². The lowest BCUT2D eigenvalue weighted by Crippen LogP contribution is -2.37. The summed E-state index contributed by atoms with van der Waals surface area (Å²) in [4.78, 5) is 37.9. The highest BCUT2D eigenvalue weighted by Gasteiger charge is 2.37. The van der Waals surface area contributed by atoms with Crippen molar-refractivity contribution in [2.45, 2.75) is 26.4 Å². The van der Waals surface area contributed by atoms with E-state index in [2.05, 4.69) is 0 Å². The Morgan fingerprint density at radius 2 is 1.86 bits per heavy atom. The smallest absolute Gasteiger partial charge is 0.326 e. The van der Waals surface area contributed by atoms with Crippen molar-refractivity contribution >= 4 is 35.0 Å². The topological polar surface area (TPSA) is 88.8 Å². The van der Waals surface area contributed by atoms with E-state index in [1.165, 1.54) is 0 Å². The van der Waals surface area contributed by atoms with Crippen molar-refractivity contribution in [2.24, 2.45) is 0 Å². The van der Waals surface area contributed by atoms with Gasteiger partial charge in [-0.15, -0.1) is 0 Å². The van der Waals surface area contributed by atoms with Crippen LogP contribution in [0.3, 0.4) is 0 Å². The lowest BCUT2D eigenvalue weighted by atomic mass is 10.2. The van der Waals surface area contributed by atoms with Crippen molar-refractivity contribution < 1.29 is 24.2 Å². The van der Waals surface area contributed by atoms with Crippen LogP contribution in [0.25, 0.3) is 11.8 Å². The van der Waals surface area contributed by atoms with Crippen LogP contribution in [0, 0.1) is 0 Å². The Bertz CT molecular complexity index is 954. The van der Waals surface area contributed by atoms with Gasteiger partial charge < -0.3 is 14.4 Å². The van der Waals surface area contributed by atoms with Gasteiger partial charge in [0, 0.05) is 17.6 Å². The first-order valence-electron chi connectivity index (χ1n) is 8.58. The van der Waals surface area contributed by atoms with Crippen LogP contribution in [0.5, 0.6) is 5.75 Å². The molecule has 1 fully saturated rings. The highest BCUT2D eigenvalue weighted by atomic mass is 32.2. The number of carbonyl (C=O) groups excluding carboxylic acids is 3. The molecule has 1 saturated heterocycles. The summed E-state index contributed by atoms with van der Waals surface area (Å²) in [7, 11) is 0. The van der Waals surface area contributed by atoms with Crippen LogP contribution in [0.2, 0.25) is 0 Å². The van der Waals surface area contributed by atoms with E-state index in [0.717, 1.165) is 22.3 Å². The highest BCUT2D eigenvalue weighted by molar-refractivity contribution is 8.18. The quantitative estimate of drug-likeness (QED) is 0.624. The van der Waals surface area contributed by atoms with Crippen molar-refractivity contribution in [3.05, 3.63) is 53.2 Å². The molecule has 1 aromatic carbocycles. The summed E-state index contributed by atoms with van der Waals surface area (Å²) in [6.07, 6.45) is 3.41. The van der Waals surface area contributed by atoms with Crippen LogP contribution in [0.15, 0.2) is 47.5 Å². The van der Waals surface area contributed by atoms with Crippen molar-refractivity contribution in [1.82, 2.24) is 9.47 Å². The number of aromatic hydroxyl groups is 1. The minimum atomic E-state index is -0.695. The predicted molar refractivity (Wildman–Crippen MR) is 106 cm³/mol. The lowest BCUT2D eigenvalue weighted by molar-refractivity contribution is -0.156. The molecule has 0 unspecified atom stereocenters. The molecule has 0 saturated carbocycles. The standard InChI is InChI=1S/C20H20N2O5S/c1-20(2,3)27-17(24)12-22-18(25)16(28-19(22)26)11-14-5-4-10-21(14)13-6-8-15(23)9-7-13/h4-11,23H,12H2,1-3H3. The third-order valence-electron chi connectivity index (χ3n) is 3.77. The van der Waals surface area contributed by atoms with Gasteiger partial charge in [0.05, 0.1) is 4.91 Å². The molecule has 1 aromatic heterocycles. The Hall–Kier alpha value is -3.00. The van der Waals surface area contributed by atoms with Gasteiger partial charge in [-0.25, -0.2) is 0 Å². The number of hydrogen-bond acceptors (Lipinski definition) is 6. The summed E-state index contributed by atoms with van der Waals surface area (Å²) < 4.78 is 7.01. The van der Waals surface area contributed by atoms with Crippen molar-refractivity contribution in [3.63, 3.8) is 0 Å². The molecule has 28 heavy (non-hydrogen) atoms. The molecule has 146 valence electrons. The molecule has 0 radical (unpaired) electrons. The maximum absolute atomic E-state index is 12.6. The van der Waals surface area contributed by atoms with E-state index in [1.54, 1.807) is 57.2 Å². The average Bonchev–Trinajstić information content (AvgIpc) is 3.15. The third-order valence-corrected chi connectivity index (χ3v) is 4.68. The van der Waals surface area contributed by atoms with E-state index >= 15 is 0 Å². The number of imide groups is 1. The fourth-order valence-electron chi connectivity index (χ4n) is 2.63. The van der Waals surface area contributed by atoms with Crippen LogP contribution >= 0.6 is 11.8 Å². The van der Waals surface area contributed by atoms with Gasteiger partial charge in [-0.1, -0.05) is 0 Å². The highest BCUT2D eigenvalue weighted by Crippen LogP contribution is 2.32. The first kappa shape index (κ1) is 19.8. The second-order valence-electron chi connectivity index (χ2n) is 7.17. The maximum atomic E-state index is 12.6. The Morgan fingerprint density at radius 3 is 2.50 bits per heavy atom. The molecule has 7 nitrogen and oxygen atoms in total. The Kier molecular flexibility index (Phi) is 5.33. The average molecular weight is 400 g/mol. The van der Waals surface area contributed by atoms with Gasteiger partial charge >= 0.3 is 5.97 Å². The zero-order valence-corrected chi connectivity index (χ0v) is 16.5. The Morgan fingerprint density at radius 1 is 1.18 bits per heavy atom. The monoisotopic (exact) mass is 400 g/mol. The molecule has 0 atom stereocenters. The molecule has 2 aromatic rings. The fraction of sp³-hybridized carbons (Fsp3) is 0.250. The predicted octanol–water partition coefficient (Wildman–Crippen LogP) is 3.56. The SMILES string of the molecule is CC(C)(C)OC(=O)CN1C(=O)SC(=Cc2cccn2-c2ccc(O)cc2)C1=O. The van der Waals surface area contributed by atoms with E-state index in [1.807, 2.05) is 16.8 Å². The van der Waals surface area contributed by atoms with Gasteiger partial charge in [-0.3, -0.25) is 19.3 Å². The van der Waals surface area contributed by atoms with Crippen LogP contribution in [0.4, 0.5) is 4.79 Å². The largest absolute Gasteiger partial charge is 0.508 e. The molecule has 2 heterocycles. The molecule has 2 amide bonds. The number of rotatable bonds is 4. The van der Waals surface area contributed by atoms with Gasteiger partial charge in [0.1, 0.15) is 17.9 Å². The number of amides is 2. The van der Waals surface area contributed by atoms with Crippen molar-refractivity contribution in [1.29, 1.82) is 0 Å². The molecule has 8 heteroatoms. The number of carbonyl (C=O) groups is 3. The molecule has 0 spiro atoms. The number of hydrogen-bond donors (Lipinski definition) is 1. The second-order valence-corrected chi connectivity index (χ2v) is 8.17. The number of benzene rings is 1. The van der Waals surface area contributed by atoms with E-state index in [4.69, 9.17) is 4.74 Å². The molecule has 1 aliphatic heterocycles. The van der Waals surface area contributed by atoms with Crippen LogP contribution in [-0.4, -0.2) is 43.8 Å². The number of ether oxygens (including phenoxy) is 1. The first-order valence-corrected chi connectivity index (χ1v) is 9.40. The maximum Gasteiger partial charge on any atom is 0.326 e. The first-order chi connectivity index (χ1) is 13.1. The zero-order valence-electron chi connectivity index (χ0n) is 15.7. The number of nitrogens with zero attached hydrogens (tertiary/aromatic N) is 2. The van der Waals surface area contributed by atoms with Crippen LogP contribution in [0.1, 0.15) is 26.5 Å². The molecule has 3 rings (SSSR count). The third kappa shape index (κ3) is 4.45. The molecular formula is C20H20N2O5S. The summed E-state index contributed by atoms with van der Waals surface area (Å²) >= 11 is 0.784. The van der Waals surface area contributed by atoms with Gasteiger partial charge in [-0.05, 0) is 75.0 Å². The van der Waals surface area contributed by atoms with Gasteiger partial charge in [0.2, 0.25) is 0 Å². The van der Waals surface area contributed by atoms with Crippen LogP contribution < -0.4 is 0 Å². The molecule has 0 aliphatic carbocycles. The Balaban J connectivity index is 1.80. The second kappa shape index (κ2) is 7.55.